The molecule has 150 valence electrons. The van der Waals surface area contributed by atoms with Gasteiger partial charge in [0.05, 0.1) is 13.0 Å². The maximum atomic E-state index is 12.5. The number of ether oxygens (including phenoxy) is 1. The fraction of sp³-hybridized carbons (Fsp3) is 0.273. The lowest BCUT2D eigenvalue weighted by atomic mass is 10.1. The Balaban J connectivity index is 1.37. The van der Waals surface area contributed by atoms with Crippen LogP contribution in [0.3, 0.4) is 0 Å². The van der Waals surface area contributed by atoms with Crippen molar-refractivity contribution >= 4 is 40.0 Å². The second-order valence-electron chi connectivity index (χ2n) is 7.21. The molecule has 29 heavy (non-hydrogen) atoms. The lowest BCUT2D eigenvalue weighted by Crippen LogP contribution is -2.30. The summed E-state index contributed by atoms with van der Waals surface area (Å²) >= 11 is 5.87. The van der Waals surface area contributed by atoms with Crippen LogP contribution in [0.4, 0.5) is 5.69 Å². The van der Waals surface area contributed by atoms with E-state index in [2.05, 4.69) is 10.3 Å². The lowest BCUT2D eigenvalue weighted by molar-refractivity contribution is -0.128. The van der Waals surface area contributed by atoms with E-state index >= 15 is 0 Å². The first kappa shape index (κ1) is 19.3. The van der Waals surface area contributed by atoms with Gasteiger partial charge in [0.1, 0.15) is 5.75 Å². The van der Waals surface area contributed by atoms with E-state index < -0.39 is 0 Å². The average Bonchev–Trinajstić information content (AvgIpc) is 3.30. The highest BCUT2D eigenvalue weighted by molar-refractivity contribution is 6.30. The molecule has 0 bridgehead atoms. The first-order valence-electron chi connectivity index (χ1n) is 9.51. The van der Waals surface area contributed by atoms with Gasteiger partial charge in [0.15, 0.2) is 0 Å². The summed E-state index contributed by atoms with van der Waals surface area (Å²) in [7, 11) is 1.64. The molecule has 3 aromatic rings. The molecule has 1 aliphatic heterocycles. The molecular weight excluding hydrogens is 390 g/mol. The number of halogens is 1. The average molecular weight is 412 g/mol. The van der Waals surface area contributed by atoms with E-state index in [4.69, 9.17) is 16.3 Å². The number of methoxy groups -OCH3 is 1. The van der Waals surface area contributed by atoms with Crippen LogP contribution < -0.4 is 10.1 Å². The van der Waals surface area contributed by atoms with Crippen LogP contribution in [0.25, 0.3) is 10.9 Å². The zero-order valence-electron chi connectivity index (χ0n) is 16.1. The number of anilines is 1. The number of hydrogen-bond donors (Lipinski definition) is 2. The van der Waals surface area contributed by atoms with Crippen LogP contribution in [-0.2, 0) is 16.0 Å². The Morgan fingerprint density at radius 1 is 1.28 bits per heavy atom. The number of likely N-dealkylation sites (tertiary alicyclic amines) is 1. The molecule has 0 radical (unpaired) electrons. The summed E-state index contributed by atoms with van der Waals surface area (Å²) in [6.07, 6.45) is 2.92. The highest BCUT2D eigenvalue weighted by Crippen LogP contribution is 2.25. The Kier molecular flexibility index (Phi) is 5.45. The van der Waals surface area contributed by atoms with Gasteiger partial charge in [-0.2, -0.15) is 0 Å². The highest BCUT2D eigenvalue weighted by Gasteiger charge is 2.34. The second-order valence-corrected chi connectivity index (χ2v) is 7.65. The van der Waals surface area contributed by atoms with Gasteiger partial charge in [-0.05, 0) is 54.4 Å². The molecular formula is C22H22ClN3O3. The minimum absolute atomic E-state index is 0.0127. The van der Waals surface area contributed by atoms with Crippen molar-refractivity contribution in [2.75, 3.05) is 25.5 Å². The Bertz CT molecular complexity index is 1050. The maximum absolute atomic E-state index is 12.5. The van der Waals surface area contributed by atoms with Crippen molar-refractivity contribution in [2.45, 2.75) is 12.8 Å². The van der Waals surface area contributed by atoms with Gasteiger partial charge in [-0.1, -0.05) is 11.6 Å². The molecule has 2 N–H and O–H groups in total. The van der Waals surface area contributed by atoms with Crippen molar-refractivity contribution < 1.29 is 14.3 Å². The van der Waals surface area contributed by atoms with E-state index in [1.807, 2.05) is 24.4 Å². The molecule has 1 unspecified atom stereocenters. The fourth-order valence-corrected chi connectivity index (χ4v) is 3.81. The number of aromatic amines is 1. The van der Waals surface area contributed by atoms with Crippen LogP contribution in [0.15, 0.2) is 48.7 Å². The van der Waals surface area contributed by atoms with Gasteiger partial charge < -0.3 is 19.9 Å². The van der Waals surface area contributed by atoms with Crippen molar-refractivity contribution in [1.29, 1.82) is 0 Å². The molecule has 1 aliphatic rings. The normalized spacial score (nSPS) is 16.4. The van der Waals surface area contributed by atoms with E-state index in [1.54, 1.807) is 36.3 Å². The topological polar surface area (TPSA) is 74.4 Å². The summed E-state index contributed by atoms with van der Waals surface area (Å²) in [5.74, 6) is 0.328. The number of amides is 2. The molecule has 2 aromatic carbocycles. The molecule has 0 aliphatic carbocycles. The number of nitrogens with zero attached hydrogens (tertiary/aromatic N) is 1. The third-order valence-electron chi connectivity index (χ3n) is 5.32. The fourth-order valence-electron chi connectivity index (χ4n) is 3.69. The second kappa shape index (κ2) is 8.17. The highest BCUT2D eigenvalue weighted by atomic mass is 35.5. The van der Waals surface area contributed by atoms with E-state index in [1.165, 1.54) is 0 Å². The van der Waals surface area contributed by atoms with E-state index in [0.717, 1.165) is 22.2 Å². The Morgan fingerprint density at radius 2 is 2.07 bits per heavy atom. The summed E-state index contributed by atoms with van der Waals surface area (Å²) in [4.78, 5) is 30.0. The third-order valence-corrected chi connectivity index (χ3v) is 5.57. The third kappa shape index (κ3) is 4.22. The summed E-state index contributed by atoms with van der Waals surface area (Å²) < 4.78 is 5.31. The van der Waals surface area contributed by atoms with Gasteiger partial charge in [-0.3, -0.25) is 9.59 Å². The monoisotopic (exact) mass is 411 g/mol. The van der Waals surface area contributed by atoms with Crippen LogP contribution in [0.5, 0.6) is 5.75 Å². The van der Waals surface area contributed by atoms with Gasteiger partial charge in [-0.15, -0.1) is 0 Å². The van der Waals surface area contributed by atoms with Crippen LogP contribution in [0, 0.1) is 5.92 Å². The quantitative estimate of drug-likeness (QED) is 0.646. The summed E-state index contributed by atoms with van der Waals surface area (Å²) in [6, 6.07) is 12.8. The summed E-state index contributed by atoms with van der Waals surface area (Å²) in [5, 5.41) is 4.57. The number of rotatable bonds is 6. The number of carbonyl (C=O) groups is 2. The molecule has 1 atom stereocenters. The molecule has 1 fully saturated rings. The number of aromatic nitrogens is 1. The molecule has 4 rings (SSSR count). The smallest absolute Gasteiger partial charge is 0.229 e. The summed E-state index contributed by atoms with van der Waals surface area (Å²) in [6.45, 7) is 1.01. The molecule has 0 spiro atoms. The molecule has 2 heterocycles. The number of hydrogen-bond acceptors (Lipinski definition) is 3. The SMILES string of the molecule is COc1ccc2[nH]cc(CCN3CC(C(=O)Nc4ccc(Cl)cc4)CC3=O)c2c1. The molecule has 0 saturated carbocycles. The van der Waals surface area contributed by atoms with E-state index in [9.17, 15) is 9.59 Å². The minimum atomic E-state index is -0.346. The van der Waals surface area contributed by atoms with E-state index in [0.29, 0.717) is 30.2 Å². The van der Waals surface area contributed by atoms with Crippen molar-refractivity contribution in [2.24, 2.45) is 5.92 Å². The van der Waals surface area contributed by atoms with Crippen LogP contribution >= 0.6 is 11.6 Å². The standard InChI is InChI=1S/C22H22ClN3O3/c1-29-18-6-7-20-19(11-18)14(12-24-20)8-9-26-13-15(10-21(26)27)22(28)25-17-4-2-16(23)3-5-17/h2-7,11-12,15,24H,8-10,13H2,1H3,(H,25,28). The number of benzene rings is 2. The first-order chi connectivity index (χ1) is 14.0. The zero-order chi connectivity index (χ0) is 20.4. The molecule has 1 saturated heterocycles. The van der Waals surface area contributed by atoms with Crippen molar-refractivity contribution in [1.82, 2.24) is 9.88 Å². The Labute approximate surface area is 173 Å². The molecule has 1 aromatic heterocycles. The molecule has 7 heteroatoms. The first-order valence-corrected chi connectivity index (χ1v) is 9.89. The lowest BCUT2D eigenvalue weighted by Gasteiger charge is -2.16. The number of fused-ring (bicyclic) bond motifs is 1. The minimum Gasteiger partial charge on any atom is -0.497 e. The zero-order valence-corrected chi connectivity index (χ0v) is 16.8. The van der Waals surface area contributed by atoms with Crippen molar-refractivity contribution in [3.8, 4) is 5.75 Å². The number of carbonyl (C=O) groups excluding carboxylic acids is 2. The van der Waals surface area contributed by atoms with Gasteiger partial charge in [0.25, 0.3) is 0 Å². The Hall–Kier alpha value is -2.99. The maximum Gasteiger partial charge on any atom is 0.229 e. The predicted octanol–water partition coefficient (Wildman–Crippen LogP) is 3.86. The summed E-state index contributed by atoms with van der Waals surface area (Å²) in [5.41, 5.74) is 2.84. The van der Waals surface area contributed by atoms with Crippen molar-refractivity contribution in [3.63, 3.8) is 0 Å². The van der Waals surface area contributed by atoms with Gasteiger partial charge in [-0.25, -0.2) is 0 Å². The van der Waals surface area contributed by atoms with Gasteiger partial charge in [0, 0.05) is 47.3 Å². The molecule has 2 amide bonds. The van der Waals surface area contributed by atoms with Crippen LogP contribution in [0.1, 0.15) is 12.0 Å². The van der Waals surface area contributed by atoms with Crippen LogP contribution in [0.2, 0.25) is 5.02 Å². The number of H-pyrrole nitrogens is 1. The van der Waals surface area contributed by atoms with Crippen molar-refractivity contribution in [3.05, 3.63) is 59.2 Å². The largest absolute Gasteiger partial charge is 0.497 e. The number of nitrogens with one attached hydrogen (secondary N) is 2. The van der Waals surface area contributed by atoms with Gasteiger partial charge in [0.2, 0.25) is 11.8 Å². The predicted molar refractivity (Wildman–Crippen MR) is 113 cm³/mol. The van der Waals surface area contributed by atoms with Crippen LogP contribution in [-0.4, -0.2) is 41.9 Å². The van der Waals surface area contributed by atoms with Gasteiger partial charge >= 0.3 is 0 Å². The molecule has 6 nitrogen and oxygen atoms in total. The van der Waals surface area contributed by atoms with E-state index in [-0.39, 0.29) is 24.2 Å². The Morgan fingerprint density at radius 3 is 2.83 bits per heavy atom.